The predicted molar refractivity (Wildman–Crippen MR) is 69.1 cm³/mol. The molecule has 2 N–H and O–H groups in total. The van der Waals surface area contributed by atoms with Crippen molar-refractivity contribution < 1.29 is 8.78 Å². The van der Waals surface area contributed by atoms with Crippen LogP contribution in [0.4, 0.5) is 8.78 Å². The van der Waals surface area contributed by atoms with Gasteiger partial charge in [0.2, 0.25) is 0 Å². The number of aromatic nitrogens is 1. The van der Waals surface area contributed by atoms with Crippen molar-refractivity contribution in [2.75, 3.05) is 0 Å². The molecule has 0 amide bonds. The molecule has 0 fully saturated rings. The molecule has 2 nitrogen and oxygen atoms in total. The monoisotopic (exact) mass is 312 g/mol. The van der Waals surface area contributed by atoms with Gasteiger partial charge in [-0.15, -0.1) is 0 Å². The topological polar surface area (TPSA) is 38.9 Å². The third kappa shape index (κ3) is 2.42. The Balaban J connectivity index is 2.46. The normalized spacial score (nSPS) is 12.5. The van der Waals surface area contributed by atoms with Crippen LogP contribution in [0.5, 0.6) is 0 Å². The van der Waals surface area contributed by atoms with Crippen LogP contribution >= 0.6 is 15.9 Å². The van der Waals surface area contributed by atoms with Crippen molar-refractivity contribution in [2.24, 2.45) is 5.73 Å². The van der Waals surface area contributed by atoms with Crippen LogP contribution in [0.3, 0.4) is 0 Å². The second-order valence-corrected chi connectivity index (χ2v) is 4.83. The maximum Gasteiger partial charge on any atom is 0.173 e. The average Bonchev–Trinajstić information content (AvgIpc) is 2.35. The van der Waals surface area contributed by atoms with Crippen LogP contribution in [0.1, 0.15) is 22.7 Å². The van der Waals surface area contributed by atoms with E-state index >= 15 is 0 Å². The van der Waals surface area contributed by atoms with Crippen LogP contribution in [0.25, 0.3) is 0 Å². The van der Waals surface area contributed by atoms with E-state index in [-0.39, 0.29) is 4.47 Å². The van der Waals surface area contributed by atoms with Gasteiger partial charge in [0.05, 0.1) is 10.5 Å². The van der Waals surface area contributed by atoms with E-state index in [0.717, 1.165) is 17.2 Å². The van der Waals surface area contributed by atoms with E-state index in [2.05, 4.69) is 20.9 Å². The van der Waals surface area contributed by atoms with Crippen LogP contribution in [-0.4, -0.2) is 4.98 Å². The minimum absolute atomic E-state index is 0.0523. The number of halogens is 3. The number of hydrogen-bond donors (Lipinski definition) is 1. The Morgan fingerprint density at radius 1 is 1.28 bits per heavy atom. The third-order valence-corrected chi connectivity index (χ3v) is 3.46. The first-order valence-electron chi connectivity index (χ1n) is 5.31. The molecule has 1 unspecified atom stereocenters. The molecule has 1 aromatic carbocycles. The van der Waals surface area contributed by atoms with Crippen LogP contribution < -0.4 is 5.73 Å². The maximum atomic E-state index is 13.5. The summed E-state index contributed by atoms with van der Waals surface area (Å²) in [5.74, 6) is -1.83. The summed E-state index contributed by atoms with van der Waals surface area (Å²) in [7, 11) is 0. The fourth-order valence-corrected chi connectivity index (χ4v) is 2.28. The number of benzene rings is 1. The molecule has 18 heavy (non-hydrogen) atoms. The molecule has 0 spiro atoms. The molecule has 0 bridgehead atoms. The molecule has 0 aliphatic heterocycles. The van der Waals surface area contributed by atoms with Crippen LogP contribution in [0, 0.1) is 18.6 Å². The number of nitrogens with two attached hydrogens (primary N) is 1. The van der Waals surface area contributed by atoms with Crippen molar-refractivity contribution >= 4 is 15.9 Å². The summed E-state index contributed by atoms with van der Waals surface area (Å²) >= 11 is 3.03. The largest absolute Gasteiger partial charge is 0.320 e. The van der Waals surface area contributed by atoms with Crippen molar-refractivity contribution in [3.05, 3.63) is 63.4 Å². The van der Waals surface area contributed by atoms with Crippen LogP contribution in [-0.2, 0) is 0 Å². The van der Waals surface area contributed by atoms with Gasteiger partial charge in [0.1, 0.15) is 0 Å². The lowest BCUT2D eigenvalue weighted by molar-refractivity contribution is 0.501. The lowest BCUT2D eigenvalue weighted by Crippen LogP contribution is -2.14. The number of nitrogens with zero attached hydrogens (tertiary/aromatic N) is 1. The van der Waals surface area contributed by atoms with Crippen molar-refractivity contribution in [2.45, 2.75) is 13.0 Å². The van der Waals surface area contributed by atoms with Gasteiger partial charge in [-0.05, 0) is 45.6 Å². The Morgan fingerprint density at radius 3 is 2.67 bits per heavy atom. The van der Waals surface area contributed by atoms with Gasteiger partial charge in [0.25, 0.3) is 0 Å². The molecule has 94 valence electrons. The summed E-state index contributed by atoms with van der Waals surface area (Å²) in [6.45, 7) is 1.89. The highest BCUT2D eigenvalue weighted by atomic mass is 79.9. The molecule has 0 radical (unpaired) electrons. The van der Waals surface area contributed by atoms with Crippen molar-refractivity contribution in [3.8, 4) is 0 Å². The van der Waals surface area contributed by atoms with E-state index in [0.29, 0.717) is 5.56 Å². The molecular formula is C13H11BrF2N2. The van der Waals surface area contributed by atoms with E-state index in [1.165, 1.54) is 6.07 Å². The van der Waals surface area contributed by atoms with E-state index < -0.39 is 17.7 Å². The van der Waals surface area contributed by atoms with Gasteiger partial charge in [-0.2, -0.15) is 0 Å². The van der Waals surface area contributed by atoms with E-state index in [1.807, 2.05) is 13.0 Å². The Hall–Kier alpha value is -1.33. The highest BCUT2D eigenvalue weighted by Gasteiger charge is 2.17. The third-order valence-electron chi connectivity index (χ3n) is 2.66. The van der Waals surface area contributed by atoms with Gasteiger partial charge in [-0.1, -0.05) is 12.1 Å². The van der Waals surface area contributed by atoms with Crippen molar-refractivity contribution in [3.63, 3.8) is 0 Å². The zero-order chi connectivity index (χ0) is 13.3. The molecule has 2 aromatic rings. The van der Waals surface area contributed by atoms with Gasteiger partial charge in [-0.25, -0.2) is 8.78 Å². The van der Waals surface area contributed by atoms with Gasteiger partial charge in [0, 0.05) is 12.4 Å². The minimum atomic E-state index is -0.927. The molecule has 1 atom stereocenters. The van der Waals surface area contributed by atoms with Crippen LogP contribution in [0.2, 0.25) is 0 Å². The van der Waals surface area contributed by atoms with Gasteiger partial charge in [0.15, 0.2) is 11.6 Å². The summed E-state index contributed by atoms with van der Waals surface area (Å²) in [6.07, 6.45) is 3.32. The predicted octanol–water partition coefficient (Wildman–Crippen LogP) is 3.48. The number of aryl methyl sites for hydroxylation is 1. The average molecular weight is 313 g/mol. The second kappa shape index (κ2) is 5.12. The van der Waals surface area contributed by atoms with Crippen molar-refractivity contribution in [1.29, 1.82) is 0 Å². The van der Waals surface area contributed by atoms with E-state index in [1.54, 1.807) is 12.4 Å². The molecule has 0 saturated carbocycles. The molecule has 0 aliphatic carbocycles. The maximum absolute atomic E-state index is 13.5. The Labute approximate surface area is 112 Å². The molecule has 5 heteroatoms. The molecule has 0 aliphatic rings. The Morgan fingerprint density at radius 2 is 2.00 bits per heavy atom. The van der Waals surface area contributed by atoms with Gasteiger partial charge >= 0.3 is 0 Å². The highest BCUT2D eigenvalue weighted by molar-refractivity contribution is 9.10. The molecule has 1 aromatic heterocycles. The summed E-state index contributed by atoms with van der Waals surface area (Å²) in [5.41, 5.74) is 8.24. The molecular weight excluding hydrogens is 302 g/mol. The quantitative estimate of drug-likeness (QED) is 0.862. The smallest absolute Gasteiger partial charge is 0.173 e. The number of rotatable bonds is 2. The number of pyridine rings is 1. The van der Waals surface area contributed by atoms with Crippen LogP contribution in [0.15, 0.2) is 35.1 Å². The summed E-state index contributed by atoms with van der Waals surface area (Å²) in [6, 6.07) is 3.85. The van der Waals surface area contributed by atoms with Crippen molar-refractivity contribution in [1.82, 2.24) is 4.98 Å². The molecule has 2 rings (SSSR count). The SMILES string of the molecule is Cc1cncc(C(N)c2ccc(F)c(F)c2Br)c1. The lowest BCUT2D eigenvalue weighted by Gasteiger charge is -2.15. The van der Waals surface area contributed by atoms with E-state index in [9.17, 15) is 8.78 Å². The summed E-state index contributed by atoms with van der Waals surface area (Å²) in [4.78, 5) is 4.04. The molecule has 1 heterocycles. The summed E-state index contributed by atoms with van der Waals surface area (Å²) < 4.78 is 26.5. The minimum Gasteiger partial charge on any atom is -0.320 e. The summed E-state index contributed by atoms with van der Waals surface area (Å²) in [5, 5.41) is 0. The van der Waals surface area contributed by atoms with Gasteiger partial charge < -0.3 is 5.73 Å². The standard InChI is InChI=1S/C13H11BrF2N2/c1-7-4-8(6-18-5-7)13(17)9-2-3-10(15)12(16)11(9)14/h2-6,13H,17H2,1H3. The molecule has 0 saturated heterocycles. The first-order chi connectivity index (χ1) is 8.50. The number of hydrogen-bond acceptors (Lipinski definition) is 2. The van der Waals surface area contributed by atoms with Gasteiger partial charge in [-0.3, -0.25) is 4.98 Å². The Kier molecular flexibility index (Phi) is 3.73. The zero-order valence-electron chi connectivity index (χ0n) is 9.62. The lowest BCUT2D eigenvalue weighted by atomic mass is 10.00. The first kappa shape index (κ1) is 13.1. The highest BCUT2D eigenvalue weighted by Crippen LogP contribution is 2.30. The fourth-order valence-electron chi connectivity index (χ4n) is 1.71. The zero-order valence-corrected chi connectivity index (χ0v) is 11.2. The fraction of sp³-hybridized carbons (Fsp3) is 0.154. The van der Waals surface area contributed by atoms with E-state index in [4.69, 9.17) is 5.73 Å². The second-order valence-electron chi connectivity index (χ2n) is 4.04. The first-order valence-corrected chi connectivity index (χ1v) is 6.10. The Bertz CT molecular complexity index is 587.